The van der Waals surface area contributed by atoms with Crippen molar-refractivity contribution in [3.63, 3.8) is 0 Å². The average Bonchev–Trinajstić information content (AvgIpc) is 2.16. The van der Waals surface area contributed by atoms with E-state index in [1.165, 1.54) is 25.1 Å². The molecule has 0 aliphatic heterocycles. The van der Waals surface area contributed by atoms with Crippen LogP contribution in [0, 0.1) is 0 Å². The van der Waals surface area contributed by atoms with Crippen molar-refractivity contribution in [1.82, 2.24) is 4.98 Å². The largest absolute Gasteiger partial charge is 0.468 e. The molecule has 0 radical (unpaired) electrons. The molecule has 6 heteroatoms. The van der Waals surface area contributed by atoms with Crippen molar-refractivity contribution >= 4 is 45.3 Å². The van der Waals surface area contributed by atoms with Gasteiger partial charge in [0, 0.05) is 6.20 Å². The molecule has 76 valence electrons. The first-order chi connectivity index (χ1) is 6.63. The number of methoxy groups -OCH3 is 1. The molecule has 0 N–H and O–H groups in total. The molecular weight excluding hydrogens is 290 g/mol. The van der Waals surface area contributed by atoms with E-state index >= 15 is 0 Å². The molecule has 1 heterocycles. The van der Waals surface area contributed by atoms with Crippen molar-refractivity contribution in [3.8, 4) is 0 Å². The maximum atomic E-state index is 10.9. The highest BCUT2D eigenvalue weighted by Crippen LogP contribution is 2.27. The van der Waals surface area contributed by atoms with E-state index in [1.807, 2.05) is 0 Å². The Morgan fingerprint density at radius 2 is 2.50 bits per heavy atom. The number of aromatic nitrogens is 1. The van der Waals surface area contributed by atoms with Crippen LogP contribution in [-0.4, -0.2) is 23.8 Å². The van der Waals surface area contributed by atoms with Gasteiger partial charge in [0.25, 0.3) is 0 Å². The topological polar surface area (TPSA) is 39.2 Å². The molecule has 0 spiro atoms. The van der Waals surface area contributed by atoms with Crippen molar-refractivity contribution in [3.05, 3.63) is 21.8 Å². The Hall–Kier alpha value is -0.260. The zero-order valence-electron chi connectivity index (χ0n) is 7.29. The zero-order chi connectivity index (χ0) is 10.6. The van der Waals surface area contributed by atoms with Crippen LogP contribution in [0.3, 0.4) is 0 Å². The third-order valence-corrected chi connectivity index (χ3v) is 3.38. The van der Waals surface area contributed by atoms with Gasteiger partial charge in [-0.15, -0.1) is 0 Å². The molecule has 0 aromatic carbocycles. The third-order valence-electron chi connectivity index (χ3n) is 1.33. The molecule has 1 aromatic rings. The van der Waals surface area contributed by atoms with Crippen LogP contribution >= 0.6 is 39.3 Å². The van der Waals surface area contributed by atoms with Gasteiger partial charge in [0.2, 0.25) is 0 Å². The Balaban J connectivity index is 2.63. The molecular formula is C8H7BrClNO2S. The predicted molar refractivity (Wildman–Crippen MR) is 59.7 cm³/mol. The first-order valence-electron chi connectivity index (χ1n) is 3.64. The van der Waals surface area contributed by atoms with E-state index in [4.69, 9.17) is 11.6 Å². The number of esters is 1. The minimum absolute atomic E-state index is 0.240. The second kappa shape index (κ2) is 5.58. The van der Waals surface area contributed by atoms with E-state index in [-0.39, 0.29) is 11.7 Å². The minimum atomic E-state index is -0.279. The van der Waals surface area contributed by atoms with Crippen molar-refractivity contribution in [2.24, 2.45) is 0 Å². The summed E-state index contributed by atoms with van der Waals surface area (Å²) < 4.78 is 5.28. The van der Waals surface area contributed by atoms with Gasteiger partial charge in [0.1, 0.15) is 5.03 Å². The van der Waals surface area contributed by atoms with E-state index in [1.54, 1.807) is 6.07 Å². The molecule has 14 heavy (non-hydrogen) atoms. The monoisotopic (exact) mass is 295 g/mol. The van der Waals surface area contributed by atoms with Gasteiger partial charge in [-0.2, -0.15) is 0 Å². The maximum Gasteiger partial charge on any atom is 0.316 e. The Bertz CT molecular complexity index is 348. The Morgan fingerprint density at radius 3 is 3.07 bits per heavy atom. The molecule has 0 bridgehead atoms. The lowest BCUT2D eigenvalue weighted by Gasteiger charge is -2.02. The fraction of sp³-hybridized carbons (Fsp3) is 0.250. The number of thioether (sulfide) groups is 1. The third kappa shape index (κ3) is 3.48. The molecule has 1 aromatic heterocycles. The summed E-state index contributed by atoms with van der Waals surface area (Å²) in [5.74, 6) is -0.0392. The Morgan fingerprint density at radius 1 is 1.79 bits per heavy atom. The summed E-state index contributed by atoms with van der Waals surface area (Å²) in [4.78, 5) is 14.9. The van der Waals surface area contributed by atoms with Crippen LogP contribution in [0.25, 0.3) is 0 Å². The van der Waals surface area contributed by atoms with Gasteiger partial charge < -0.3 is 4.74 Å². The van der Waals surface area contributed by atoms with Crippen molar-refractivity contribution in [2.45, 2.75) is 5.03 Å². The van der Waals surface area contributed by atoms with Gasteiger partial charge >= 0.3 is 5.97 Å². The SMILES string of the molecule is COC(=O)CSc1ncc(Cl)cc1Br. The summed E-state index contributed by atoms with van der Waals surface area (Å²) in [5, 5.41) is 1.28. The number of pyridine rings is 1. The molecule has 1 rings (SSSR count). The van der Waals surface area contributed by atoms with Gasteiger partial charge in [-0.25, -0.2) is 4.98 Å². The van der Waals surface area contributed by atoms with Crippen molar-refractivity contribution in [2.75, 3.05) is 12.9 Å². The van der Waals surface area contributed by atoms with E-state index < -0.39 is 0 Å². The molecule has 0 aliphatic rings. The van der Waals surface area contributed by atoms with Crippen LogP contribution in [0.1, 0.15) is 0 Å². The molecule has 0 atom stereocenters. The fourth-order valence-electron chi connectivity index (χ4n) is 0.694. The van der Waals surface area contributed by atoms with Gasteiger partial charge in [-0.3, -0.25) is 4.79 Å². The lowest BCUT2D eigenvalue weighted by atomic mass is 10.5. The van der Waals surface area contributed by atoms with E-state index in [9.17, 15) is 4.79 Å². The fourth-order valence-corrected chi connectivity index (χ4v) is 2.37. The van der Waals surface area contributed by atoms with Gasteiger partial charge in [-0.05, 0) is 22.0 Å². The lowest BCUT2D eigenvalue weighted by Crippen LogP contribution is -2.03. The van der Waals surface area contributed by atoms with Gasteiger partial charge in [0.05, 0.1) is 22.4 Å². The zero-order valence-corrected chi connectivity index (χ0v) is 10.4. The summed E-state index contributed by atoms with van der Waals surface area (Å²) in [6, 6.07) is 1.73. The number of carbonyl (C=O) groups is 1. The molecule has 0 saturated heterocycles. The number of hydrogen-bond donors (Lipinski definition) is 0. The normalized spacial score (nSPS) is 9.93. The number of carbonyl (C=O) groups excluding carboxylic acids is 1. The van der Waals surface area contributed by atoms with Crippen LogP contribution in [-0.2, 0) is 9.53 Å². The van der Waals surface area contributed by atoms with Crippen LogP contribution in [0.2, 0.25) is 5.02 Å². The van der Waals surface area contributed by atoms with E-state index in [2.05, 4.69) is 25.7 Å². The van der Waals surface area contributed by atoms with Crippen LogP contribution in [0.15, 0.2) is 21.8 Å². The van der Waals surface area contributed by atoms with Crippen LogP contribution in [0.5, 0.6) is 0 Å². The highest BCUT2D eigenvalue weighted by Gasteiger charge is 2.06. The Labute approximate surface area is 99.3 Å². The van der Waals surface area contributed by atoms with Crippen LogP contribution < -0.4 is 0 Å². The predicted octanol–water partition coefficient (Wildman–Crippen LogP) is 2.76. The van der Waals surface area contributed by atoms with Gasteiger partial charge in [-0.1, -0.05) is 23.4 Å². The molecule has 3 nitrogen and oxygen atoms in total. The molecule has 0 unspecified atom stereocenters. The molecule has 0 fully saturated rings. The second-order valence-electron chi connectivity index (χ2n) is 2.31. The highest BCUT2D eigenvalue weighted by molar-refractivity contribution is 9.10. The first kappa shape index (κ1) is 11.8. The van der Waals surface area contributed by atoms with E-state index in [0.29, 0.717) is 5.02 Å². The molecule has 0 saturated carbocycles. The first-order valence-corrected chi connectivity index (χ1v) is 5.80. The lowest BCUT2D eigenvalue weighted by molar-refractivity contribution is -0.137. The minimum Gasteiger partial charge on any atom is -0.468 e. The van der Waals surface area contributed by atoms with Gasteiger partial charge in [0.15, 0.2) is 0 Å². The van der Waals surface area contributed by atoms with Crippen molar-refractivity contribution in [1.29, 1.82) is 0 Å². The van der Waals surface area contributed by atoms with E-state index in [0.717, 1.165) is 9.50 Å². The Kier molecular flexibility index (Phi) is 4.71. The van der Waals surface area contributed by atoms with Crippen LogP contribution in [0.4, 0.5) is 0 Å². The summed E-state index contributed by atoms with van der Waals surface area (Å²) in [5.41, 5.74) is 0. The number of halogens is 2. The smallest absolute Gasteiger partial charge is 0.316 e. The number of nitrogens with zero attached hydrogens (tertiary/aromatic N) is 1. The summed E-state index contributed by atoms with van der Waals surface area (Å²) in [6.07, 6.45) is 1.53. The number of hydrogen-bond acceptors (Lipinski definition) is 4. The maximum absolute atomic E-state index is 10.9. The molecule has 0 amide bonds. The van der Waals surface area contributed by atoms with Crippen molar-refractivity contribution < 1.29 is 9.53 Å². The number of rotatable bonds is 3. The highest BCUT2D eigenvalue weighted by atomic mass is 79.9. The molecule has 0 aliphatic carbocycles. The standard InChI is InChI=1S/C8H7BrClNO2S/c1-13-7(12)4-14-8-6(9)2-5(10)3-11-8/h2-3H,4H2,1H3. The second-order valence-corrected chi connectivity index (χ2v) is 4.56. The quantitative estimate of drug-likeness (QED) is 0.635. The summed E-state index contributed by atoms with van der Waals surface area (Å²) >= 11 is 10.3. The number of ether oxygens (including phenoxy) is 1. The average molecular weight is 297 g/mol. The summed E-state index contributed by atoms with van der Waals surface area (Å²) in [7, 11) is 1.35. The summed E-state index contributed by atoms with van der Waals surface area (Å²) in [6.45, 7) is 0.